The molecule has 0 amide bonds. The van der Waals surface area contributed by atoms with E-state index in [1.165, 1.54) is 0 Å². The molecule has 0 aliphatic carbocycles. The Kier molecular flexibility index (Phi) is 8.71. The standard InChI is InChI=1S/C13H13NO.C8H16O2/c14-10-11-5-4-8-13(9-11)15-12-6-2-1-3-7-12;1-8(2,3)6-4-5-7(9)10/h1-9H,10,14H2;4-6H2,1-3H3,(H,9,10). The molecule has 0 unspecified atom stereocenters. The van der Waals surface area contributed by atoms with Crippen molar-refractivity contribution in [3.8, 4) is 11.5 Å². The van der Waals surface area contributed by atoms with Gasteiger partial charge in [-0.05, 0) is 48.1 Å². The van der Waals surface area contributed by atoms with Crippen LogP contribution < -0.4 is 10.5 Å². The fraction of sp³-hybridized carbons (Fsp3) is 0.381. The van der Waals surface area contributed by atoms with Gasteiger partial charge in [0.15, 0.2) is 0 Å². The second-order valence-corrected chi connectivity index (χ2v) is 7.07. The van der Waals surface area contributed by atoms with Gasteiger partial charge in [0, 0.05) is 13.0 Å². The molecule has 2 aromatic rings. The SMILES string of the molecule is CC(C)(C)CCCC(=O)O.NCc1cccc(Oc2ccccc2)c1. The van der Waals surface area contributed by atoms with Gasteiger partial charge in [-0.3, -0.25) is 4.79 Å². The van der Waals surface area contributed by atoms with E-state index in [0.29, 0.717) is 13.0 Å². The van der Waals surface area contributed by atoms with Gasteiger partial charge in [0.1, 0.15) is 11.5 Å². The maximum Gasteiger partial charge on any atom is 0.303 e. The second kappa shape index (κ2) is 10.5. The average Bonchev–Trinajstić information content (AvgIpc) is 2.55. The first-order valence-electron chi connectivity index (χ1n) is 8.54. The van der Waals surface area contributed by atoms with Gasteiger partial charge in [0.25, 0.3) is 0 Å². The van der Waals surface area contributed by atoms with Gasteiger partial charge in [0.2, 0.25) is 0 Å². The summed E-state index contributed by atoms with van der Waals surface area (Å²) in [6.45, 7) is 6.89. The van der Waals surface area contributed by atoms with Gasteiger partial charge >= 0.3 is 5.97 Å². The molecule has 2 aromatic carbocycles. The lowest BCUT2D eigenvalue weighted by Gasteiger charge is -2.16. The molecule has 0 atom stereocenters. The van der Waals surface area contributed by atoms with Crippen molar-refractivity contribution in [1.29, 1.82) is 0 Å². The Labute approximate surface area is 150 Å². The first-order valence-corrected chi connectivity index (χ1v) is 8.54. The summed E-state index contributed by atoms with van der Waals surface area (Å²) in [7, 11) is 0. The lowest BCUT2D eigenvalue weighted by atomic mass is 9.90. The van der Waals surface area contributed by atoms with E-state index in [1.807, 2.05) is 54.6 Å². The second-order valence-electron chi connectivity index (χ2n) is 7.07. The van der Waals surface area contributed by atoms with E-state index in [-0.39, 0.29) is 5.41 Å². The van der Waals surface area contributed by atoms with E-state index in [1.54, 1.807) is 0 Å². The van der Waals surface area contributed by atoms with Crippen molar-refractivity contribution in [2.45, 2.75) is 46.6 Å². The summed E-state index contributed by atoms with van der Waals surface area (Å²) in [5.41, 5.74) is 6.90. The summed E-state index contributed by atoms with van der Waals surface area (Å²) < 4.78 is 5.67. The molecule has 0 radical (unpaired) electrons. The zero-order valence-electron chi connectivity index (χ0n) is 15.4. The maximum absolute atomic E-state index is 10.1. The van der Waals surface area contributed by atoms with Crippen LogP contribution in [-0.2, 0) is 11.3 Å². The van der Waals surface area contributed by atoms with Gasteiger partial charge in [-0.2, -0.15) is 0 Å². The predicted molar refractivity (Wildman–Crippen MR) is 102 cm³/mol. The van der Waals surface area contributed by atoms with Crippen LogP contribution in [0.25, 0.3) is 0 Å². The molecule has 4 heteroatoms. The lowest BCUT2D eigenvalue weighted by Crippen LogP contribution is -2.05. The van der Waals surface area contributed by atoms with Crippen LogP contribution in [0.3, 0.4) is 0 Å². The van der Waals surface area contributed by atoms with Gasteiger partial charge in [-0.1, -0.05) is 51.1 Å². The van der Waals surface area contributed by atoms with Gasteiger partial charge in [-0.25, -0.2) is 0 Å². The molecular formula is C21H29NO3. The summed E-state index contributed by atoms with van der Waals surface area (Å²) in [5.74, 6) is 0.972. The van der Waals surface area contributed by atoms with Crippen LogP contribution in [0.15, 0.2) is 54.6 Å². The first kappa shape index (κ1) is 20.7. The number of carboxylic acid groups (broad SMARTS) is 1. The van der Waals surface area contributed by atoms with Crippen LogP contribution in [0, 0.1) is 5.41 Å². The smallest absolute Gasteiger partial charge is 0.303 e. The predicted octanol–water partition coefficient (Wildman–Crippen LogP) is 5.23. The molecule has 0 saturated heterocycles. The highest BCUT2D eigenvalue weighted by molar-refractivity contribution is 5.66. The van der Waals surface area contributed by atoms with Crippen molar-refractivity contribution in [3.63, 3.8) is 0 Å². The number of aliphatic carboxylic acids is 1. The molecule has 0 aliphatic heterocycles. The first-order chi connectivity index (χ1) is 11.8. The molecule has 0 bridgehead atoms. The Morgan fingerprint density at radius 1 is 1.04 bits per heavy atom. The number of para-hydroxylation sites is 1. The molecule has 0 aromatic heterocycles. The summed E-state index contributed by atoms with van der Waals surface area (Å²) >= 11 is 0. The van der Waals surface area contributed by atoms with E-state index in [2.05, 4.69) is 20.8 Å². The highest BCUT2D eigenvalue weighted by Crippen LogP contribution is 2.22. The molecule has 0 saturated carbocycles. The number of carbonyl (C=O) groups is 1. The largest absolute Gasteiger partial charge is 0.481 e. The van der Waals surface area contributed by atoms with Crippen LogP contribution in [-0.4, -0.2) is 11.1 Å². The Bertz CT molecular complexity index is 633. The molecule has 0 fully saturated rings. The molecule has 3 N–H and O–H groups in total. The van der Waals surface area contributed by atoms with E-state index >= 15 is 0 Å². The van der Waals surface area contributed by atoms with Crippen molar-refractivity contribution in [2.24, 2.45) is 11.1 Å². The third-order valence-corrected chi connectivity index (χ3v) is 3.43. The van der Waals surface area contributed by atoms with Crippen LogP contribution in [0.1, 0.15) is 45.6 Å². The third kappa shape index (κ3) is 10.2. The van der Waals surface area contributed by atoms with Crippen LogP contribution in [0.2, 0.25) is 0 Å². The highest BCUT2D eigenvalue weighted by Gasteiger charge is 2.09. The van der Waals surface area contributed by atoms with Crippen LogP contribution in [0.4, 0.5) is 0 Å². The summed E-state index contributed by atoms with van der Waals surface area (Å²) in [6, 6.07) is 17.5. The fourth-order valence-corrected chi connectivity index (χ4v) is 2.13. The minimum atomic E-state index is -0.691. The average molecular weight is 343 g/mol. The van der Waals surface area contributed by atoms with E-state index in [0.717, 1.165) is 29.9 Å². The number of nitrogens with two attached hydrogens (primary N) is 1. The summed E-state index contributed by atoms with van der Waals surface area (Å²) in [6.07, 6.45) is 2.08. The Morgan fingerprint density at radius 3 is 2.24 bits per heavy atom. The Hall–Kier alpha value is -2.33. The molecule has 0 aliphatic rings. The monoisotopic (exact) mass is 343 g/mol. The molecule has 2 rings (SSSR count). The minimum Gasteiger partial charge on any atom is -0.481 e. The van der Waals surface area contributed by atoms with E-state index in [9.17, 15) is 4.79 Å². The lowest BCUT2D eigenvalue weighted by molar-refractivity contribution is -0.137. The molecule has 136 valence electrons. The maximum atomic E-state index is 10.1. The highest BCUT2D eigenvalue weighted by atomic mass is 16.5. The van der Waals surface area contributed by atoms with Crippen molar-refractivity contribution in [1.82, 2.24) is 0 Å². The number of ether oxygens (including phenoxy) is 1. The molecule has 4 nitrogen and oxygen atoms in total. The molecule has 0 spiro atoms. The number of hydrogen-bond donors (Lipinski definition) is 2. The van der Waals surface area contributed by atoms with Gasteiger partial charge in [0.05, 0.1) is 0 Å². The quantitative estimate of drug-likeness (QED) is 0.753. The number of benzene rings is 2. The Morgan fingerprint density at radius 2 is 1.68 bits per heavy atom. The number of hydrogen-bond acceptors (Lipinski definition) is 3. The zero-order valence-corrected chi connectivity index (χ0v) is 15.4. The third-order valence-electron chi connectivity index (χ3n) is 3.43. The number of rotatable bonds is 6. The molecule has 0 heterocycles. The van der Waals surface area contributed by atoms with Crippen LogP contribution in [0.5, 0.6) is 11.5 Å². The van der Waals surface area contributed by atoms with Crippen molar-refractivity contribution in [2.75, 3.05) is 0 Å². The zero-order chi connectivity index (χ0) is 18.7. The number of carboxylic acids is 1. The summed E-state index contributed by atoms with van der Waals surface area (Å²) in [5, 5.41) is 8.31. The topological polar surface area (TPSA) is 72.5 Å². The van der Waals surface area contributed by atoms with Gasteiger partial charge in [-0.15, -0.1) is 0 Å². The van der Waals surface area contributed by atoms with Crippen molar-refractivity contribution < 1.29 is 14.6 Å². The van der Waals surface area contributed by atoms with Gasteiger partial charge < -0.3 is 15.6 Å². The normalized spacial score (nSPS) is 10.6. The van der Waals surface area contributed by atoms with E-state index < -0.39 is 5.97 Å². The van der Waals surface area contributed by atoms with Crippen molar-refractivity contribution in [3.05, 3.63) is 60.2 Å². The van der Waals surface area contributed by atoms with Crippen LogP contribution >= 0.6 is 0 Å². The molecular weight excluding hydrogens is 314 g/mol. The summed E-state index contributed by atoms with van der Waals surface area (Å²) in [4.78, 5) is 10.1. The minimum absolute atomic E-state index is 0.273. The van der Waals surface area contributed by atoms with E-state index in [4.69, 9.17) is 15.6 Å². The Balaban J connectivity index is 0.000000275. The fourth-order valence-electron chi connectivity index (χ4n) is 2.13. The van der Waals surface area contributed by atoms with Crippen molar-refractivity contribution >= 4 is 5.97 Å². The molecule has 25 heavy (non-hydrogen) atoms.